The Balaban J connectivity index is 1.66. The standard InChI is InChI=1S/C31H38Cl2F3NO3Si/c1-29(24-11-15-26(32)16-12-24,25-13-17-27(33)18-14-25)37(2)21-7-8-23-9-19-28(20-10-23)39-22-30(38-3,31(34,35)36)40-41(4,5)6/h9-20H,7-8,21-22H2,1-6H3. The summed E-state index contributed by atoms with van der Waals surface area (Å²) in [6, 6.07) is 22.8. The maximum Gasteiger partial charge on any atom is 0.446 e. The van der Waals surface area contributed by atoms with Crippen molar-refractivity contribution < 1.29 is 27.1 Å². The lowest BCUT2D eigenvalue weighted by molar-refractivity contribution is -0.355. The Kier molecular flexibility index (Phi) is 11.0. The summed E-state index contributed by atoms with van der Waals surface area (Å²) in [6.45, 7) is 7.19. The summed E-state index contributed by atoms with van der Waals surface area (Å²) in [6.07, 6.45) is -3.11. The van der Waals surface area contributed by atoms with Crippen LogP contribution in [0.3, 0.4) is 0 Å². The average molecular weight is 629 g/mol. The molecule has 0 saturated carbocycles. The molecule has 0 radical (unpaired) electrons. The molecule has 0 fully saturated rings. The molecule has 0 bridgehead atoms. The average Bonchev–Trinajstić information content (AvgIpc) is 2.90. The van der Waals surface area contributed by atoms with E-state index in [4.69, 9.17) is 37.1 Å². The summed E-state index contributed by atoms with van der Waals surface area (Å²) in [5.74, 6) is -2.50. The predicted octanol–water partition coefficient (Wildman–Crippen LogP) is 8.96. The molecule has 3 aromatic rings. The fourth-order valence-corrected chi connectivity index (χ4v) is 6.21. The lowest BCUT2D eigenvalue weighted by Crippen LogP contribution is -2.58. The number of rotatable bonds is 13. The molecular formula is C31H38Cl2F3NO3Si. The van der Waals surface area contributed by atoms with Gasteiger partial charge < -0.3 is 13.9 Å². The maximum absolute atomic E-state index is 13.9. The predicted molar refractivity (Wildman–Crippen MR) is 162 cm³/mol. The third-order valence-corrected chi connectivity index (χ3v) is 8.57. The summed E-state index contributed by atoms with van der Waals surface area (Å²) in [7, 11) is 0.479. The highest BCUT2D eigenvalue weighted by atomic mass is 35.5. The van der Waals surface area contributed by atoms with Crippen molar-refractivity contribution in [1.82, 2.24) is 4.90 Å². The summed E-state index contributed by atoms with van der Waals surface area (Å²) in [4.78, 5) is 2.30. The van der Waals surface area contributed by atoms with Gasteiger partial charge in [0, 0.05) is 17.2 Å². The van der Waals surface area contributed by atoms with E-state index in [9.17, 15) is 13.2 Å². The van der Waals surface area contributed by atoms with Crippen LogP contribution in [0.15, 0.2) is 72.8 Å². The fraction of sp³-hybridized carbons (Fsp3) is 0.419. The first-order valence-electron chi connectivity index (χ1n) is 13.4. The van der Waals surface area contributed by atoms with E-state index in [0.29, 0.717) is 15.8 Å². The second-order valence-corrected chi connectivity index (χ2v) is 16.5. The number of halogens is 5. The van der Waals surface area contributed by atoms with Crippen LogP contribution in [0.5, 0.6) is 5.75 Å². The number of hydrogen-bond acceptors (Lipinski definition) is 4. The number of aryl methyl sites for hydroxylation is 1. The van der Waals surface area contributed by atoms with Crippen molar-refractivity contribution in [2.24, 2.45) is 0 Å². The van der Waals surface area contributed by atoms with Crippen LogP contribution in [0.4, 0.5) is 13.2 Å². The zero-order chi connectivity index (χ0) is 30.5. The van der Waals surface area contributed by atoms with E-state index in [-0.39, 0.29) is 0 Å². The Labute approximate surface area is 252 Å². The molecule has 10 heteroatoms. The summed E-state index contributed by atoms with van der Waals surface area (Å²) < 4.78 is 57.4. The number of benzene rings is 3. The van der Waals surface area contributed by atoms with Crippen LogP contribution in [-0.4, -0.2) is 52.5 Å². The van der Waals surface area contributed by atoms with Gasteiger partial charge in [0.1, 0.15) is 5.75 Å². The van der Waals surface area contributed by atoms with E-state index in [2.05, 4.69) is 18.9 Å². The van der Waals surface area contributed by atoms with Gasteiger partial charge in [0.15, 0.2) is 14.9 Å². The summed E-state index contributed by atoms with van der Waals surface area (Å²) >= 11 is 12.3. The molecule has 3 rings (SSSR count). The van der Waals surface area contributed by atoms with Crippen LogP contribution in [0.1, 0.15) is 30.0 Å². The number of alkyl halides is 3. The molecule has 0 amide bonds. The van der Waals surface area contributed by atoms with Crippen molar-refractivity contribution in [1.29, 1.82) is 0 Å². The van der Waals surface area contributed by atoms with Crippen LogP contribution < -0.4 is 4.74 Å². The van der Waals surface area contributed by atoms with Gasteiger partial charge >= 0.3 is 6.18 Å². The number of methoxy groups -OCH3 is 1. The van der Waals surface area contributed by atoms with Crippen LogP contribution in [-0.2, 0) is 21.1 Å². The first-order chi connectivity index (χ1) is 19.1. The van der Waals surface area contributed by atoms with Crippen LogP contribution in [0, 0.1) is 0 Å². The molecule has 0 heterocycles. The van der Waals surface area contributed by atoms with Crippen LogP contribution in [0.25, 0.3) is 0 Å². The van der Waals surface area contributed by atoms with E-state index in [1.807, 2.05) is 60.7 Å². The van der Waals surface area contributed by atoms with Crippen molar-refractivity contribution in [3.8, 4) is 5.75 Å². The molecular weight excluding hydrogens is 590 g/mol. The largest absolute Gasteiger partial charge is 0.488 e. The zero-order valence-corrected chi connectivity index (χ0v) is 26.8. The smallest absolute Gasteiger partial charge is 0.446 e. The third kappa shape index (κ3) is 8.49. The third-order valence-electron chi connectivity index (χ3n) is 7.12. The number of hydrogen-bond donors (Lipinski definition) is 0. The van der Waals surface area contributed by atoms with Gasteiger partial charge in [-0.05, 0) is 106 Å². The Morgan fingerprint density at radius 3 is 1.71 bits per heavy atom. The van der Waals surface area contributed by atoms with Gasteiger partial charge in [-0.3, -0.25) is 4.90 Å². The summed E-state index contributed by atoms with van der Waals surface area (Å²) in [5.41, 5.74) is 2.85. The molecule has 1 atom stereocenters. The maximum atomic E-state index is 13.9. The topological polar surface area (TPSA) is 30.9 Å². The molecule has 0 aliphatic heterocycles. The van der Waals surface area contributed by atoms with E-state index in [0.717, 1.165) is 43.2 Å². The van der Waals surface area contributed by atoms with Crippen LogP contribution in [0.2, 0.25) is 29.7 Å². The van der Waals surface area contributed by atoms with Gasteiger partial charge in [0.05, 0.1) is 5.54 Å². The molecule has 0 saturated heterocycles. The second kappa shape index (κ2) is 13.5. The first kappa shape index (κ1) is 33.4. The Hall–Kier alpha value is -2.07. The van der Waals surface area contributed by atoms with Crippen molar-refractivity contribution >= 4 is 31.5 Å². The molecule has 0 spiro atoms. The van der Waals surface area contributed by atoms with Gasteiger partial charge in [-0.25, -0.2) is 0 Å². The number of ether oxygens (including phenoxy) is 2. The fourth-order valence-electron chi connectivity index (χ4n) is 4.71. The van der Waals surface area contributed by atoms with Gasteiger partial charge in [0.25, 0.3) is 5.79 Å². The highest BCUT2D eigenvalue weighted by molar-refractivity contribution is 6.69. The van der Waals surface area contributed by atoms with Crippen molar-refractivity contribution in [2.75, 3.05) is 27.3 Å². The van der Waals surface area contributed by atoms with Crippen molar-refractivity contribution in [3.05, 3.63) is 99.5 Å². The molecule has 3 aromatic carbocycles. The van der Waals surface area contributed by atoms with E-state index >= 15 is 0 Å². The van der Waals surface area contributed by atoms with E-state index in [1.165, 1.54) is 0 Å². The quantitative estimate of drug-likeness (QED) is 0.140. The van der Waals surface area contributed by atoms with Crippen molar-refractivity contribution in [2.45, 2.75) is 56.9 Å². The lowest BCUT2D eigenvalue weighted by atomic mass is 9.83. The Morgan fingerprint density at radius 1 is 0.805 bits per heavy atom. The van der Waals surface area contributed by atoms with E-state index in [1.54, 1.807) is 31.8 Å². The Morgan fingerprint density at radius 2 is 1.29 bits per heavy atom. The molecule has 1 unspecified atom stereocenters. The molecule has 224 valence electrons. The van der Waals surface area contributed by atoms with Gasteiger partial charge in [-0.2, -0.15) is 13.2 Å². The highest BCUT2D eigenvalue weighted by Gasteiger charge is 2.59. The molecule has 0 aromatic heterocycles. The minimum absolute atomic E-state index is 0.314. The first-order valence-corrected chi connectivity index (χ1v) is 17.5. The van der Waals surface area contributed by atoms with Gasteiger partial charge in [0.2, 0.25) is 0 Å². The molecule has 0 N–H and O–H groups in total. The second-order valence-electron chi connectivity index (χ2n) is 11.2. The molecule has 0 aliphatic rings. The van der Waals surface area contributed by atoms with Gasteiger partial charge in [-0.15, -0.1) is 0 Å². The molecule has 4 nitrogen and oxygen atoms in total. The Bertz CT molecular complexity index is 1200. The van der Waals surface area contributed by atoms with Crippen LogP contribution >= 0.6 is 23.2 Å². The molecule has 41 heavy (non-hydrogen) atoms. The van der Waals surface area contributed by atoms with E-state index < -0.39 is 32.4 Å². The van der Waals surface area contributed by atoms with Crippen molar-refractivity contribution in [3.63, 3.8) is 0 Å². The zero-order valence-electron chi connectivity index (χ0n) is 24.3. The number of nitrogens with zero attached hydrogens (tertiary/aromatic N) is 1. The normalized spacial score (nSPS) is 14.2. The molecule has 0 aliphatic carbocycles. The lowest BCUT2D eigenvalue weighted by Gasteiger charge is -2.40. The summed E-state index contributed by atoms with van der Waals surface area (Å²) in [5, 5.41) is 1.36. The van der Waals surface area contributed by atoms with Gasteiger partial charge in [-0.1, -0.05) is 59.6 Å². The SMILES string of the molecule is COC(COc1ccc(CCCN(C)C(C)(c2ccc(Cl)cc2)c2ccc(Cl)cc2)cc1)(O[Si](C)(C)C)C(F)(F)F. The minimum Gasteiger partial charge on any atom is -0.488 e. The monoisotopic (exact) mass is 627 g/mol. The highest BCUT2D eigenvalue weighted by Crippen LogP contribution is 2.38. The minimum atomic E-state index is -4.75.